The molecular formula is C7H16B4F4N4O10. The molecule has 0 saturated heterocycles. The predicted octanol–water partition coefficient (Wildman–Crippen LogP) is -4.09. The van der Waals surface area contributed by atoms with Gasteiger partial charge in [-0.25, -0.2) is 0 Å². The van der Waals surface area contributed by atoms with E-state index in [1.165, 1.54) is 0 Å². The summed E-state index contributed by atoms with van der Waals surface area (Å²) in [4.78, 5) is 16.5. The maximum atomic E-state index is 10.6. The average molecular weight is 435 g/mol. The minimum atomic E-state index is -2.67. The number of aliphatic carboxylic acids is 1. The predicted molar refractivity (Wildman–Crippen MR) is 87.4 cm³/mol. The van der Waals surface area contributed by atoms with E-state index in [0.717, 1.165) is 0 Å². The summed E-state index contributed by atoms with van der Waals surface area (Å²) in [6.07, 6.45) is 0.673. The van der Waals surface area contributed by atoms with Gasteiger partial charge in [0.15, 0.2) is 0 Å². The molecule has 1 aliphatic carbocycles. The van der Waals surface area contributed by atoms with Gasteiger partial charge in [-0.1, -0.05) is 0 Å². The SMILES string of the molecule is OB(O)F.OB(O)F.OB(O)F.OB(O)F.[N-]=[N+]=C1CC(=[N+]=[N-])CC(C(=O)O)C1. The normalized spacial score (nSPS) is 13.6. The van der Waals surface area contributed by atoms with Gasteiger partial charge in [-0.2, -0.15) is 9.58 Å². The number of carboxylic acid groups (broad SMARTS) is 1. The van der Waals surface area contributed by atoms with Crippen molar-refractivity contribution < 1.29 is 76.9 Å². The van der Waals surface area contributed by atoms with Gasteiger partial charge < -0.3 is 56.4 Å². The van der Waals surface area contributed by atoms with E-state index in [4.69, 9.17) is 56.4 Å². The molecule has 14 nitrogen and oxygen atoms in total. The molecule has 0 heterocycles. The van der Waals surface area contributed by atoms with Crippen molar-refractivity contribution in [2.24, 2.45) is 5.92 Å². The minimum Gasteiger partial charge on any atom is -0.481 e. The maximum absolute atomic E-state index is 10.6. The molecule has 0 radical (unpaired) electrons. The van der Waals surface area contributed by atoms with Gasteiger partial charge in [0.1, 0.15) is 6.42 Å². The van der Waals surface area contributed by atoms with Crippen LogP contribution in [0, 0.1) is 5.92 Å². The van der Waals surface area contributed by atoms with Gasteiger partial charge in [-0.3, -0.25) is 22.1 Å². The number of hydrogen-bond acceptors (Lipinski definition) is 9. The molecule has 1 saturated carbocycles. The lowest BCUT2D eigenvalue weighted by molar-refractivity contribution is -0.142. The van der Waals surface area contributed by atoms with E-state index in [9.17, 15) is 22.1 Å². The molecule has 1 rings (SSSR count). The zero-order valence-electron chi connectivity index (χ0n) is 14.2. The van der Waals surface area contributed by atoms with E-state index in [1.807, 2.05) is 0 Å². The number of carboxylic acids is 1. The van der Waals surface area contributed by atoms with Crippen LogP contribution in [0.1, 0.15) is 19.3 Å². The molecule has 0 spiro atoms. The van der Waals surface area contributed by atoms with Gasteiger partial charge in [-0.15, -0.1) is 0 Å². The molecule has 22 heteroatoms. The molecule has 9 N–H and O–H groups in total. The zero-order valence-corrected chi connectivity index (χ0v) is 14.2. The van der Waals surface area contributed by atoms with E-state index in [-0.39, 0.29) is 19.3 Å². The summed E-state index contributed by atoms with van der Waals surface area (Å²) in [7, 11) is -10.7. The Bertz CT molecular complexity index is 475. The van der Waals surface area contributed by atoms with Crippen molar-refractivity contribution in [3.05, 3.63) is 11.1 Å². The van der Waals surface area contributed by atoms with E-state index >= 15 is 0 Å². The molecule has 0 unspecified atom stereocenters. The molecule has 0 aromatic carbocycles. The summed E-state index contributed by atoms with van der Waals surface area (Å²) >= 11 is 0. The van der Waals surface area contributed by atoms with Crippen LogP contribution in [0.4, 0.5) is 17.3 Å². The van der Waals surface area contributed by atoms with Crippen LogP contribution in [0.15, 0.2) is 0 Å². The molecule has 0 amide bonds. The fourth-order valence-corrected chi connectivity index (χ4v) is 1.35. The standard InChI is InChI=1S/C7H8N4O2.4BFH2O2/c8-10-5-1-4(7(12)13)2-6(3-5)11-9;4*2-1(3)4/h4H,1-3H2,(H,12,13);4*3-4H. The molecular weight excluding hydrogens is 419 g/mol. The second-order valence-corrected chi connectivity index (χ2v) is 4.20. The molecule has 0 aromatic heterocycles. The van der Waals surface area contributed by atoms with Gasteiger partial charge in [0.2, 0.25) is 0 Å². The Hall–Kier alpha value is -2.11. The van der Waals surface area contributed by atoms with Gasteiger partial charge in [-0.05, 0) is 0 Å². The lowest BCUT2D eigenvalue weighted by Crippen LogP contribution is -2.29. The Morgan fingerprint density at radius 1 is 0.759 bits per heavy atom. The van der Waals surface area contributed by atoms with Crippen LogP contribution in [0.3, 0.4) is 0 Å². The topological polar surface area (TPSA) is 272 Å². The third kappa shape index (κ3) is 46.2. The quantitative estimate of drug-likeness (QED) is 0.0830. The Kier molecular flexibility index (Phi) is 26.3. The highest BCUT2D eigenvalue weighted by Gasteiger charge is 2.36. The molecule has 0 aliphatic heterocycles. The van der Waals surface area contributed by atoms with Crippen molar-refractivity contribution in [1.29, 1.82) is 0 Å². The summed E-state index contributed by atoms with van der Waals surface area (Å²) in [5, 5.41) is 64.2. The Balaban J connectivity index is -0.000000162. The zero-order chi connectivity index (χ0) is 24.2. The van der Waals surface area contributed by atoms with Crippen molar-refractivity contribution in [1.82, 2.24) is 0 Å². The van der Waals surface area contributed by atoms with Crippen LogP contribution in [-0.4, -0.2) is 102 Å². The molecule has 0 bridgehead atoms. The third-order valence-electron chi connectivity index (χ3n) is 2.00. The van der Waals surface area contributed by atoms with Crippen molar-refractivity contribution in [2.45, 2.75) is 19.3 Å². The summed E-state index contributed by atoms with van der Waals surface area (Å²) in [5.74, 6) is -1.62. The van der Waals surface area contributed by atoms with Crippen molar-refractivity contribution in [3.8, 4) is 0 Å². The lowest BCUT2D eigenvalue weighted by atomic mass is 9.86. The number of rotatable bonds is 1. The molecule has 164 valence electrons. The van der Waals surface area contributed by atoms with Gasteiger partial charge in [0.05, 0.1) is 18.8 Å². The second-order valence-electron chi connectivity index (χ2n) is 4.20. The van der Waals surface area contributed by atoms with E-state index < -0.39 is 41.5 Å². The maximum Gasteiger partial charge on any atom is 0.674 e. The van der Waals surface area contributed by atoms with E-state index in [1.54, 1.807) is 0 Å². The van der Waals surface area contributed by atoms with Crippen LogP contribution < -0.4 is 0 Å². The molecule has 0 aromatic rings. The Morgan fingerprint density at radius 2 is 0.966 bits per heavy atom. The summed E-state index contributed by atoms with van der Waals surface area (Å²) in [6.45, 7) is 0. The Labute approximate surface area is 161 Å². The molecule has 1 fully saturated rings. The molecule has 1 aliphatic rings. The number of halogens is 4. The summed E-state index contributed by atoms with van der Waals surface area (Å²) in [6, 6.07) is 0. The number of carbonyl (C=O) groups is 1. The fourth-order valence-electron chi connectivity index (χ4n) is 1.35. The second kappa shape index (κ2) is 22.2. The smallest absolute Gasteiger partial charge is 0.481 e. The van der Waals surface area contributed by atoms with Crippen molar-refractivity contribution in [3.63, 3.8) is 0 Å². The van der Waals surface area contributed by atoms with Gasteiger partial charge in [0, 0.05) is 0 Å². The highest BCUT2D eigenvalue weighted by Crippen LogP contribution is 2.18. The lowest BCUT2D eigenvalue weighted by Gasteiger charge is -2.10. The van der Waals surface area contributed by atoms with Gasteiger partial charge >= 0.3 is 35.6 Å². The Morgan fingerprint density at radius 3 is 1.10 bits per heavy atom. The first-order chi connectivity index (χ1) is 13.1. The first-order valence-electron chi connectivity index (χ1n) is 6.73. The third-order valence-corrected chi connectivity index (χ3v) is 2.00. The highest BCUT2D eigenvalue weighted by atomic mass is 19.1. The molecule has 29 heavy (non-hydrogen) atoms. The van der Waals surface area contributed by atoms with Crippen LogP contribution >= 0.6 is 0 Å². The summed E-state index contributed by atoms with van der Waals surface area (Å²) in [5.41, 5.74) is 17.6. The van der Waals surface area contributed by atoms with Crippen LogP contribution in [-0.2, 0) is 4.79 Å². The van der Waals surface area contributed by atoms with Crippen molar-refractivity contribution >= 4 is 47.0 Å². The first-order valence-corrected chi connectivity index (χ1v) is 6.73. The van der Waals surface area contributed by atoms with Crippen LogP contribution in [0.25, 0.3) is 11.1 Å². The highest BCUT2D eigenvalue weighted by molar-refractivity contribution is 6.32. The number of nitrogens with zero attached hydrogens (tertiary/aromatic N) is 4. The number of hydrogen-bond donors (Lipinski definition) is 9. The van der Waals surface area contributed by atoms with Gasteiger partial charge in [0.25, 0.3) is 11.4 Å². The first kappa shape index (κ1) is 34.4. The summed E-state index contributed by atoms with van der Waals surface area (Å²) < 4.78 is 40.4. The largest absolute Gasteiger partial charge is 0.674 e. The minimum absolute atomic E-state index is 0.213. The average Bonchev–Trinajstić information content (AvgIpc) is 2.52. The van der Waals surface area contributed by atoms with Crippen LogP contribution in [0.2, 0.25) is 0 Å². The van der Waals surface area contributed by atoms with Crippen LogP contribution in [0.5, 0.6) is 0 Å². The monoisotopic (exact) mass is 436 g/mol. The van der Waals surface area contributed by atoms with Crippen molar-refractivity contribution in [2.75, 3.05) is 0 Å². The van der Waals surface area contributed by atoms with E-state index in [0.29, 0.717) is 11.4 Å². The molecule has 0 atom stereocenters. The van der Waals surface area contributed by atoms with E-state index in [2.05, 4.69) is 9.58 Å². The fraction of sp³-hybridized carbons (Fsp3) is 0.571.